The van der Waals surface area contributed by atoms with Crippen LogP contribution in [0.25, 0.3) is 0 Å². The van der Waals surface area contributed by atoms with Crippen LogP contribution in [0.1, 0.15) is 30.0 Å². The fourth-order valence-corrected chi connectivity index (χ4v) is 3.11. The molecule has 0 unspecified atom stereocenters. The Morgan fingerprint density at radius 1 is 1.29 bits per heavy atom. The molecule has 0 aromatic heterocycles. The molecule has 0 saturated carbocycles. The van der Waals surface area contributed by atoms with Gasteiger partial charge in [0, 0.05) is 18.7 Å². The molecular weight excluding hydrogens is 212 g/mol. The Morgan fingerprint density at radius 3 is 2.88 bits per heavy atom. The van der Waals surface area contributed by atoms with Gasteiger partial charge < -0.3 is 10.1 Å². The number of ether oxygens (including phenoxy) is 1. The van der Waals surface area contributed by atoms with Gasteiger partial charge in [0.05, 0.1) is 13.2 Å². The lowest BCUT2D eigenvalue weighted by atomic mass is 9.94. The van der Waals surface area contributed by atoms with Crippen LogP contribution in [0.2, 0.25) is 0 Å². The number of hydrogen-bond acceptors (Lipinski definition) is 3. The largest absolute Gasteiger partial charge is 0.496 e. The number of fused-ring (bicyclic) bond motifs is 1. The van der Waals surface area contributed by atoms with Gasteiger partial charge in [-0.3, -0.25) is 4.90 Å². The molecule has 1 atom stereocenters. The third kappa shape index (κ3) is 1.94. The lowest BCUT2D eigenvalue weighted by Crippen LogP contribution is -2.38. The minimum absolute atomic E-state index is 0.498. The maximum absolute atomic E-state index is 5.55. The topological polar surface area (TPSA) is 24.5 Å². The number of nitrogens with zero attached hydrogens (tertiary/aromatic N) is 1. The summed E-state index contributed by atoms with van der Waals surface area (Å²) >= 11 is 0. The number of benzene rings is 1. The number of hydrogen-bond donors (Lipinski definition) is 1. The summed E-state index contributed by atoms with van der Waals surface area (Å²) in [6, 6.07) is 6.89. The highest BCUT2D eigenvalue weighted by molar-refractivity contribution is 5.44. The quantitative estimate of drug-likeness (QED) is 0.843. The Balaban J connectivity index is 1.99. The maximum atomic E-state index is 5.55. The summed E-state index contributed by atoms with van der Waals surface area (Å²) in [4.78, 5) is 2.59. The first-order valence-corrected chi connectivity index (χ1v) is 6.50. The van der Waals surface area contributed by atoms with E-state index in [2.05, 4.69) is 28.4 Å². The number of nitrogens with one attached hydrogen (secondary N) is 1. The average Bonchev–Trinajstić information content (AvgIpc) is 2.91. The van der Waals surface area contributed by atoms with Crippen molar-refractivity contribution in [2.24, 2.45) is 0 Å². The third-order valence-electron chi connectivity index (χ3n) is 3.94. The SMILES string of the molecule is COc1cccc2c1[C@@H](N1CCCC1)CNC2. The molecule has 0 bridgehead atoms. The first-order chi connectivity index (χ1) is 8.40. The molecule has 2 aliphatic rings. The van der Waals surface area contributed by atoms with Crippen molar-refractivity contribution in [2.45, 2.75) is 25.4 Å². The van der Waals surface area contributed by atoms with Crippen molar-refractivity contribution < 1.29 is 4.74 Å². The van der Waals surface area contributed by atoms with Gasteiger partial charge in [0.1, 0.15) is 5.75 Å². The van der Waals surface area contributed by atoms with Crippen LogP contribution in [0.3, 0.4) is 0 Å². The Kier molecular flexibility index (Phi) is 3.04. The Hall–Kier alpha value is -1.06. The van der Waals surface area contributed by atoms with E-state index in [0.29, 0.717) is 6.04 Å². The van der Waals surface area contributed by atoms with Crippen LogP contribution < -0.4 is 10.1 Å². The lowest BCUT2D eigenvalue weighted by Gasteiger charge is -2.34. The van der Waals surface area contributed by atoms with Crippen molar-refractivity contribution in [3.63, 3.8) is 0 Å². The van der Waals surface area contributed by atoms with E-state index in [1.54, 1.807) is 7.11 Å². The molecule has 92 valence electrons. The molecule has 1 aromatic rings. The summed E-state index contributed by atoms with van der Waals surface area (Å²) in [5, 5.41) is 3.52. The minimum atomic E-state index is 0.498. The van der Waals surface area contributed by atoms with Gasteiger partial charge in [0.2, 0.25) is 0 Å². The molecule has 3 nitrogen and oxygen atoms in total. The lowest BCUT2D eigenvalue weighted by molar-refractivity contribution is 0.222. The maximum Gasteiger partial charge on any atom is 0.124 e. The summed E-state index contributed by atoms with van der Waals surface area (Å²) in [7, 11) is 1.78. The summed E-state index contributed by atoms with van der Waals surface area (Å²) in [5.74, 6) is 1.06. The highest BCUT2D eigenvalue weighted by atomic mass is 16.5. The second-order valence-corrected chi connectivity index (χ2v) is 4.92. The van der Waals surface area contributed by atoms with E-state index in [0.717, 1.165) is 18.8 Å². The zero-order valence-electron chi connectivity index (χ0n) is 10.4. The first-order valence-electron chi connectivity index (χ1n) is 6.50. The molecule has 3 heteroatoms. The summed E-state index contributed by atoms with van der Waals surface area (Å²) in [5.41, 5.74) is 2.81. The smallest absolute Gasteiger partial charge is 0.124 e. The monoisotopic (exact) mass is 232 g/mol. The van der Waals surface area contributed by atoms with Crippen LogP contribution in [-0.4, -0.2) is 31.6 Å². The fourth-order valence-electron chi connectivity index (χ4n) is 3.11. The summed E-state index contributed by atoms with van der Waals surface area (Å²) in [6.45, 7) is 4.47. The van der Waals surface area contributed by atoms with E-state index in [4.69, 9.17) is 4.74 Å². The molecule has 0 radical (unpaired) electrons. The number of likely N-dealkylation sites (tertiary alicyclic amines) is 1. The van der Waals surface area contributed by atoms with Gasteiger partial charge in [-0.1, -0.05) is 12.1 Å². The van der Waals surface area contributed by atoms with Gasteiger partial charge in [-0.15, -0.1) is 0 Å². The van der Waals surface area contributed by atoms with Crippen LogP contribution in [0.5, 0.6) is 5.75 Å². The van der Waals surface area contributed by atoms with E-state index in [9.17, 15) is 0 Å². The van der Waals surface area contributed by atoms with E-state index >= 15 is 0 Å². The molecular formula is C14H20N2O. The van der Waals surface area contributed by atoms with Crippen LogP contribution >= 0.6 is 0 Å². The molecule has 1 fully saturated rings. The Bertz CT molecular complexity index is 385. The van der Waals surface area contributed by atoms with Crippen molar-refractivity contribution in [1.82, 2.24) is 10.2 Å². The highest BCUT2D eigenvalue weighted by Crippen LogP contribution is 2.36. The predicted octanol–water partition coefficient (Wildman–Crippen LogP) is 1.94. The zero-order chi connectivity index (χ0) is 11.7. The molecule has 0 spiro atoms. The van der Waals surface area contributed by atoms with Crippen LogP contribution in [-0.2, 0) is 6.54 Å². The van der Waals surface area contributed by atoms with Gasteiger partial charge in [-0.2, -0.15) is 0 Å². The highest BCUT2D eigenvalue weighted by Gasteiger charge is 2.29. The second-order valence-electron chi connectivity index (χ2n) is 4.92. The Morgan fingerprint density at radius 2 is 2.12 bits per heavy atom. The fraction of sp³-hybridized carbons (Fsp3) is 0.571. The molecule has 1 aromatic carbocycles. The normalized spacial score (nSPS) is 24.6. The van der Waals surface area contributed by atoms with Crippen molar-refractivity contribution >= 4 is 0 Å². The second kappa shape index (κ2) is 4.67. The molecule has 2 heterocycles. The first kappa shape index (κ1) is 11.1. The van der Waals surface area contributed by atoms with Crippen molar-refractivity contribution in [3.05, 3.63) is 29.3 Å². The average molecular weight is 232 g/mol. The standard InChI is InChI=1S/C14H20N2O/c1-17-13-6-4-5-11-9-15-10-12(14(11)13)16-7-2-3-8-16/h4-6,12,15H,2-3,7-10H2,1H3/t12-/m0/s1. The molecule has 17 heavy (non-hydrogen) atoms. The van der Waals surface area contributed by atoms with Crippen molar-refractivity contribution in [1.29, 1.82) is 0 Å². The number of methoxy groups -OCH3 is 1. The third-order valence-corrected chi connectivity index (χ3v) is 3.94. The van der Waals surface area contributed by atoms with Gasteiger partial charge in [0.25, 0.3) is 0 Å². The zero-order valence-corrected chi connectivity index (χ0v) is 10.4. The van der Waals surface area contributed by atoms with Gasteiger partial charge in [-0.05, 0) is 37.6 Å². The van der Waals surface area contributed by atoms with E-state index in [1.165, 1.54) is 37.1 Å². The van der Waals surface area contributed by atoms with E-state index in [-0.39, 0.29) is 0 Å². The van der Waals surface area contributed by atoms with E-state index in [1.807, 2.05) is 0 Å². The van der Waals surface area contributed by atoms with Crippen LogP contribution in [0, 0.1) is 0 Å². The molecule has 3 rings (SSSR count). The molecule has 0 aliphatic carbocycles. The van der Waals surface area contributed by atoms with Gasteiger partial charge in [0.15, 0.2) is 0 Å². The Labute approximate surface area is 103 Å². The van der Waals surface area contributed by atoms with Crippen LogP contribution in [0.15, 0.2) is 18.2 Å². The summed E-state index contributed by atoms with van der Waals surface area (Å²) < 4.78 is 5.55. The molecule has 1 saturated heterocycles. The van der Waals surface area contributed by atoms with E-state index < -0.39 is 0 Å². The minimum Gasteiger partial charge on any atom is -0.496 e. The molecule has 0 amide bonds. The van der Waals surface area contributed by atoms with Gasteiger partial charge in [-0.25, -0.2) is 0 Å². The van der Waals surface area contributed by atoms with Crippen LogP contribution in [0.4, 0.5) is 0 Å². The molecule has 1 N–H and O–H groups in total. The predicted molar refractivity (Wildman–Crippen MR) is 68.2 cm³/mol. The number of rotatable bonds is 2. The summed E-state index contributed by atoms with van der Waals surface area (Å²) in [6.07, 6.45) is 2.67. The molecule has 2 aliphatic heterocycles. The van der Waals surface area contributed by atoms with Crippen molar-refractivity contribution in [2.75, 3.05) is 26.7 Å². The van der Waals surface area contributed by atoms with Crippen molar-refractivity contribution in [3.8, 4) is 5.75 Å². The van der Waals surface area contributed by atoms with Gasteiger partial charge >= 0.3 is 0 Å².